The summed E-state index contributed by atoms with van der Waals surface area (Å²) in [5, 5.41) is 8.90. The first kappa shape index (κ1) is 18.7. The largest absolute Gasteiger partial charge is 0.352 e. The highest BCUT2D eigenvalue weighted by Gasteiger charge is 2.14. The average molecular weight is 387 g/mol. The number of nitrogens with two attached hydrogens (primary N) is 1. The number of rotatable bonds is 5. The van der Waals surface area contributed by atoms with Crippen LogP contribution in [0.3, 0.4) is 0 Å². The van der Waals surface area contributed by atoms with Gasteiger partial charge in [0.25, 0.3) is 5.91 Å². The van der Waals surface area contributed by atoms with Crippen molar-refractivity contribution < 1.29 is 13.2 Å². The van der Waals surface area contributed by atoms with Gasteiger partial charge in [-0.25, -0.2) is 13.6 Å². The Balaban J connectivity index is 2.07. The van der Waals surface area contributed by atoms with Gasteiger partial charge in [0.2, 0.25) is 10.0 Å². The predicted octanol–water partition coefficient (Wildman–Crippen LogP) is 2.92. The van der Waals surface area contributed by atoms with Crippen LogP contribution in [0.15, 0.2) is 41.3 Å². The monoisotopic (exact) mass is 386 g/mol. The van der Waals surface area contributed by atoms with E-state index in [1.807, 2.05) is 0 Å². The molecule has 0 saturated carbocycles. The van der Waals surface area contributed by atoms with Crippen LogP contribution < -0.4 is 10.5 Å². The minimum absolute atomic E-state index is 0.0973. The van der Waals surface area contributed by atoms with Crippen molar-refractivity contribution in [1.82, 2.24) is 5.32 Å². The zero-order valence-corrected chi connectivity index (χ0v) is 15.2. The number of nitrogens with one attached hydrogen (secondary N) is 1. The maximum atomic E-state index is 12.3. The van der Waals surface area contributed by atoms with Crippen molar-refractivity contribution in [3.8, 4) is 0 Å². The maximum absolute atomic E-state index is 12.3. The van der Waals surface area contributed by atoms with Crippen molar-refractivity contribution in [2.24, 2.45) is 5.14 Å². The first-order valence-corrected chi connectivity index (χ1v) is 9.33. The fourth-order valence-electron chi connectivity index (χ4n) is 2.19. The Morgan fingerprint density at radius 1 is 1.12 bits per heavy atom. The van der Waals surface area contributed by atoms with Crippen LogP contribution in [0.5, 0.6) is 0 Å². The highest BCUT2D eigenvalue weighted by atomic mass is 35.5. The van der Waals surface area contributed by atoms with Gasteiger partial charge >= 0.3 is 0 Å². The zero-order valence-electron chi connectivity index (χ0n) is 12.8. The van der Waals surface area contributed by atoms with Gasteiger partial charge in [-0.1, -0.05) is 29.3 Å². The summed E-state index contributed by atoms with van der Waals surface area (Å²) in [6, 6.07) is 9.36. The zero-order chi connectivity index (χ0) is 17.9. The van der Waals surface area contributed by atoms with Crippen LogP contribution in [-0.4, -0.2) is 20.9 Å². The summed E-state index contributed by atoms with van der Waals surface area (Å²) >= 11 is 11.9. The van der Waals surface area contributed by atoms with Gasteiger partial charge < -0.3 is 5.32 Å². The molecule has 24 heavy (non-hydrogen) atoms. The number of sulfonamides is 1. The second-order valence-electron chi connectivity index (χ2n) is 5.31. The van der Waals surface area contributed by atoms with Gasteiger partial charge in [-0.15, -0.1) is 0 Å². The van der Waals surface area contributed by atoms with Crippen LogP contribution in [0.25, 0.3) is 0 Å². The smallest absolute Gasteiger partial charge is 0.251 e. The number of benzene rings is 2. The Labute approximate surface area is 150 Å². The molecular formula is C16H16Cl2N2O3S. The fraction of sp³-hybridized carbons (Fsp3) is 0.188. The van der Waals surface area contributed by atoms with Gasteiger partial charge in [0.1, 0.15) is 0 Å². The van der Waals surface area contributed by atoms with E-state index in [9.17, 15) is 13.2 Å². The van der Waals surface area contributed by atoms with E-state index in [0.717, 1.165) is 5.56 Å². The van der Waals surface area contributed by atoms with E-state index in [4.69, 9.17) is 28.3 Å². The molecule has 8 heteroatoms. The highest BCUT2D eigenvalue weighted by molar-refractivity contribution is 7.89. The quantitative estimate of drug-likeness (QED) is 0.827. The fourth-order valence-corrected chi connectivity index (χ4v) is 3.30. The van der Waals surface area contributed by atoms with Crippen LogP contribution in [0.4, 0.5) is 0 Å². The third-order valence-corrected chi connectivity index (χ3v) is 4.75. The molecule has 0 radical (unpaired) electrons. The Morgan fingerprint density at radius 3 is 2.33 bits per heavy atom. The predicted molar refractivity (Wildman–Crippen MR) is 95.1 cm³/mol. The lowest BCUT2D eigenvalue weighted by Crippen LogP contribution is -2.27. The minimum Gasteiger partial charge on any atom is -0.352 e. The Morgan fingerprint density at radius 2 is 1.75 bits per heavy atom. The van der Waals surface area contributed by atoms with E-state index in [2.05, 4.69) is 5.32 Å². The first-order chi connectivity index (χ1) is 11.2. The molecule has 0 unspecified atom stereocenters. The maximum Gasteiger partial charge on any atom is 0.251 e. The summed E-state index contributed by atoms with van der Waals surface area (Å²) in [6.45, 7) is 2.08. The number of carbonyl (C=O) groups excluding carboxylic acids is 1. The van der Waals surface area contributed by atoms with Crippen LogP contribution >= 0.6 is 23.2 Å². The summed E-state index contributed by atoms with van der Waals surface area (Å²) in [6.07, 6.45) is 0.542. The Kier molecular flexibility index (Phi) is 5.87. The topological polar surface area (TPSA) is 89.3 Å². The number of hydrogen-bond acceptors (Lipinski definition) is 3. The van der Waals surface area contributed by atoms with E-state index in [1.54, 1.807) is 31.2 Å². The average Bonchev–Trinajstić information content (AvgIpc) is 2.45. The molecule has 128 valence electrons. The van der Waals surface area contributed by atoms with Gasteiger partial charge in [-0.05, 0) is 54.8 Å². The van der Waals surface area contributed by atoms with E-state index < -0.39 is 10.0 Å². The second kappa shape index (κ2) is 7.53. The molecule has 0 aromatic heterocycles. The van der Waals surface area contributed by atoms with Crippen molar-refractivity contribution in [2.75, 3.05) is 6.54 Å². The van der Waals surface area contributed by atoms with Crippen LogP contribution in [0.1, 0.15) is 21.5 Å². The molecule has 0 aliphatic rings. The third-order valence-electron chi connectivity index (χ3n) is 3.40. The summed E-state index contributed by atoms with van der Waals surface area (Å²) in [4.78, 5) is 12.2. The molecule has 2 rings (SSSR count). The lowest BCUT2D eigenvalue weighted by molar-refractivity contribution is 0.0953. The van der Waals surface area contributed by atoms with Gasteiger partial charge in [-0.3, -0.25) is 4.79 Å². The van der Waals surface area contributed by atoms with Crippen molar-refractivity contribution in [3.05, 3.63) is 63.1 Å². The molecule has 1 amide bonds. The van der Waals surface area contributed by atoms with E-state index in [1.165, 1.54) is 12.1 Å². The molecule has 0 bridgehead atoms. The first-order valence-electron chi connectivity index (χ1n) is 7.03. The molecule has 2 aromatic rings. The standard InChI is InChI=1S/C16H16Cl2N2O3S/c1-10-2-3-14(24(19,22)23)9-15(10)16(21)20-5-4-11-6-12(17)8-13(18)7-11/h2-3,6-9H,4-5H2,1H3,(H,20,21)(H2,19,22,23). The molecule has 0 spiro atoms. The number of carbonyl (C=O) groups is 1. The lowest BCUT2D eigenvalue weighted by atomic mass is 10.1. The summed E-state index contributed by atoms with van der Waals surface area (Å²) in [5.74, 6) is -0.369. The minimum atomic E-state index is -3.86. The van der Waals surface area contributed by atoms with Crippen LogP contribution in [0, 0.1) is 6.92 Å². The lowest BCUT2D eigenvalue weighted by Gasteiger charge is -2.09. The van der Waals surface area contributed by atoms with Crippen molar-refractivity contribution >= 4 is 39.1 Å². The summed E-state index contributed by atoms with van der Waals surface area (Å²) in [5.41, 5.74) is 1.82. The molecule has 0 fully saturated rings. The molecule has 0 saturated heterocycles. The van der Waals surface area contributed by atoms with E-state index in [0.29, 0.717) is 28.6 Å². The third kappa shape index (κ3) is 4.95. The molecule has 5 nitrogen and oxygen atoms in total. The highest BCUT2D eigenvalue weighted by Crippen LogP contribution is 2.19. The molecule has 3 N–H and O–H groups in total. The van der Waals surface area contributed by atoms with E-state index in [-0.39, 0.29) is 16.4 Å². The Bertz CT molecular complexity index is 863. The summed E-state index contributed by atoms with van der Waals surface area (Å²) < 4.78 is 22.8. The normalized spacial score (nSPS) is 11.3. The van der Waals surface area contributed by atoms with Crippen molar-refractivity contribution in [1.29, 1.82) is 0 Å². The van der Waals surface area contributed by atoms with Gasteiger partial charge in [0.15, 0.2) is 0 Å². The van der Waals surface area contributed by atoms with Gasteiger partial charge in [-0.2, -0.15) is 0 Å². The number of primary sulfonamides is 1. The molecule has 0 aliphatic heterocycles. The van der Waals surface area contributed by atoms with Gasteiger partial charge in [0, 0.05) is 22.2 Å². The second-order valence-corrected chi connectivity index (χ2v) is 7.74. The molecule has 0 heterocycles. The molecular weight excluding hydrogens is 371 g/mol. The Hall–Kier alpha value is -1.60. The molecule has 0 aliphatic carbocycles. The van der Waals surface area contributed by atoms with Crippen molar-refractivity contribution in [3.63, 3.8) is 0 Å². The number of amides is 1. The molecule has 2 aromatic carbocycles. The number of aryl methyl sites for hydroxylation is 1. The summed E-state index contributed by atoms with van der Waals surface area (Å²) in [7, 11) is -3.86. The number of halogens is 2. The molecule has 0 atom stereocenters. The van der Waals surface area contributed by atoms with Crippen molar-refractivity contribution in [2.45, 2.75) is 18.2 Å². The van der Waals surface area contributed by atoms with Crippen LogP contribution in [-0.2, 0) is 16.4 Å². The SMILES string of the molecule is Cc1ccc(S(N)(=O)=O)cc1C(=O)NCCc1cc(Cl)cc(Cl)c1. The number of hydrogen-bond donors (Lipinski definition) is 2. The van der Waals surface area contributed by atoms with Gasteiger partial charge in [0.05, 0.1) is 4.90 Å². The van der Waals surface area contributed by atoms with Crippen LogP contribution in [0.2, 0.25) is 10.0 Å². The van der Waals surface area contributed by atoms with E-state index >= 15 is 0 Å².